The van der Waals surface area contributed by atoms with Gasteiger partial charge >= 0.3 is 0 Å². The van der Waals surface area contributed by atoms with Gasteiger partial charge in [-0.2, -0.15) is 0 Å². The number of hydrogen-bond donors (Lipinski definition) is 0. The van der Waals surface area contributed by atoms with Crippen LogP contribution in [0.2, 0.25) is 0 Å². The molecule has 3 rings (SSSR count). The summed E-state index contributed by atoms with van der Waals surface area (Å²) in [6.07, 6.45) is 9.53. The van der Waals surface area contributed by atoms with Gasteiger partial charge in [-0.15, -0.1) is 0 Å². The maximum Gasteiger partial charge on any atom is 0.118 e. The molecule has 0 aliphatic rings. The normalized spacial score (nSPS) is 11.2. The van der Waals surface area contributed by atoms with E-state index in [-0.39, 0.29) is 0 Å². The van der Waals surface area contributed by atoms with Crippen molar-refractivity contribution in [2.75, 3.05) is 14.2 Å². The molecule has 2 aromatic carbocycles. The zero-order valence-corrected chi connectivity index (χ0v) is 14.8. The molecule has 1 heterocycles. The summed E-state index contributed by atoms with van der Waals surface area (Å²) >= 11 is 0. The molecule has 4 heteroatoms. The monoisotopic (exact) mass is 344 g/mol. The van der Waals surface area contributed by atoms with Gasteiger partial charge in [0.2, 0.25) is 0 Å². The van der Waals surface area contributed by atoms with Crippen molar-refractivity contribution in [1.82, 2.24) is 9.97 Å². The predicted molar refractivity (Wildman–Crippen MR) is 106 cm³/mol. The lowest BCUT2D eigenvalue weighted by Gasteiger charge is -2.00. The summed E-state index contributed by atoms with van der Waals surface area (Å²) in [6.45, 7) is 0. The Morgan fingerprint density at radius 1 is 0.615 bits per heavy atom. The fourth-order valence-corrected chi connectivity index (χ4v) is 2.36. The van der Waals surface area contributed by atoms with Crippen molar-refractivity contribution < 1.29 is 9.47 Å². The quantitative estimate of drug-likeness (QED) is 0.642. The fraction of sp³-hybridized carbons (Fsp3) is 0.0909. The SMILES string of the molecule is COc1ccc(C=Cc2cc(C=Cc3ccc(OC)cc3)ncn2)cc1. The van der Waals surface area contributed by atoms with Crippen molar-refractivity contribution in [3.8, 4) is 11.5 Å². The smallest absolute Gasteiger partial charge is 0.118 e. The van der Waals surface area contributed by atoms with E-state index in [2.05, 4.69) is 9.97 Å². The van der Waals surface area contributed by atoms with E-state index < -0.39 is 0 Å². The van der Waals surface area contributed by atoms with Crippen LogP contribution >= 0.6 is 0 Å². The lowest BCUT2D eigenvalue weighted by atomic mass is 10.1. The van der Waals surface area contributed by atoms with Crippen molar-refractivity contribution >= 4 is 24.3 Å². The summed E-state index contributed by atoms with van der Waals surface area (Å²) in [4.78, 5) is 8.59. The number of aromatic nitrogens is 2. The van der Waals surface area contributed by atoms with E-state index in [0.29, 0.717) is 0 Å². The number of ether oxygens (including phenoxy) is 2. The van der Waals surface area contributed by atoms with E-state index in [1.165, 1.54) is 0 Å². The first-order chi connectivity index (χ1) is 12.8. The number of benzene rings is 2. The Labute approximate surface area is 153 Å². The zero-order valence-electron chi connectivity index (χ0n) is 14.8. The summed E-state index contributed by atoms with van der Waals surface area (Å²) < 4.78 is 10.3. The van der Waals surface area contributed by atoms with Crippen LogP contribution in [0.5, 0.6) is 11.5 Å². The molecule has 0 unspecified atom stereocenters. The summed E-state index contributed by atoms with van der Waals surface area (Å²) in [7, 11) is 3.32. The molecule has 0 saturated carbocycles. The third-order valence-electron chi connectivity index (χ3n) is 3.83. The second-order valence-electron chi connectivity index (χ2n) is 5.58. The summed E-state index contributed by atoms with van der Waals surface area (Å²) in [6, 6.07) is 17.7. The second kappa shape index (κ2) is 8.62. The van der Waals surface area contributed by atoms with Gasteiger partial charge in [0, 0.05) is 0 Å². The minimum Gasteiger partial charge on any atom is -0.497 e. The van der Waals surface area contributed by atoms with Crippen LogP contribution in [-0.2, 0) is 0 Å². The van der Waals surface area contributed by atoms with E-state index in [0.717, 1.165) is 34.0 Å². The average molecular weight is 344 g/mol. The molecular formula is C22H20N2O2. The van der Waals surface area contributed by atoms with Gasteiger partial charge in [-0.1, -0.05) is 36.4 Å². The lowest BCUT2D eigenvalue weighted by molar-refractivity contribution is 0.414. The molecule has 0 aliphatic carbocycles. The first-order valence-corrected chi connectivity index (χ1v) is 8.23. The third kappa shape index (κ3) is 4.80. The molecule has 0 radical (unpaired) electrons. The molecule has 0 saturated heterocycles. The van der Waals surface area contributed by atoms with Crippen LogP contribution in [0.4, 0.5) is 0 Å². The Kier molecular flexibility index (Phi) is 5.78. The summed E-state index contributed by atoms with van der Waals surface area (Å²) in [5, 5.41) is 0. The number of nitrogens with zero attached hydrogens (tertiary/aromatic N) is 2. The fourth-order valence-electron chi connectivity index (χ4n) is 2.36. The van der Waals surface area contributed by atoms with Gasteiger partial charge in [0.15, 0.2) is 0 Å². The van der Waals surface area contributed by atoms with Gasteiger partial charge in [0.25, 0.3) is 0 Å². The Hall–Kier alpha value is -3.40. The van der Waals surface area contributed by atoms with Gasteiger partial charge in [-0.25, -0.2) is 9.97 Å². The van der Waals surface area contributed by atoms with Gasteiger partial charge in [-0.3, -0.25) is 0 Å². The van der Waals surface area contributed by atoms with Crippen LogP contribution in [0.1, 0.15) is 22.5 Å². The standard InChI is InChI=1S/C22H20N2O2/c1-25-21-11-5-17(6-12-21)3-9-19-15-20(24-16-23-19)10-4-18-7-13-22(26-2)14-8-18/h3-16H,1-2H3. The van der Waals surface area contributed by atoms with Crippen LogP contribution in [0.25, 0.3) is 24.3 Å². The first-order valence-electron chi connectivity index (χ1n) is 8.23. The van der Waals surface area contributed by atoms with E-state index in [4.69, 9.17) is 9.47 Å². The molecule has 4 nitrogen and oxygen atoms in total. The second-order valence-corrected chi connectivity index (χ2v) is 5.58. The Balaban J connectivity index is 1.70. The molecule has 0 bridgehead atoms. The number of rotatable bonds is 6. The summed E-state index contributed by atoms with van der Waals surface area (Å²) in [5.41, 5.74) is 3.87. The molecule has 26 heavy (non-hydrogen) atoms. The Bertz CT molecular complexity index is 825. The van der Waals surface area contributed by atoms with Crippen molar-refractivity contribution in [3.63, 3.8) is 0 Å². The van der Waals surface area contributed by atoms with Crippen molar-refractivity contribution in [2.24, 2.45) is 0 Å². The first kappa shape index (κ1) is 17.4. The van der Waals surface area contributed by atoms with Crippen molar-refractivity contribution in [1.29, 1.82) is 0 Å². The highest BCUT2D eigenvalue weighted by Gasteiger charge is 1.95. The highest BCUT2D eigenvalue weighted by molar-refractivity contribution is 5.72. The van der Waals surface area contributed by atoms with E-state index in [9.17, 15) is 0 Å². The van der Waals surface area contributed by atoms with Crippen molar-refractivity contribution in [3.05, 3.63) is 83.4 Å². The molecule has 0 spiro atoms. The Morgan fingerprint density at radius 3 is 1.42 bits per heavy atom. The van der Waals surface area contributed by atoms with Crippen LogP contribution in [0, 0.1) is 0 Å². The average Bonchev–Trinajstić information content (AvgIpc) is 2.72. The van der Waals surface area contributed by atoms with Crippen LogP contribution in [0.3, 0.4) is 0 Å². The Morgan fingerprint density at radius 2 is 1.04 bits per heavy atom. The highest BCUT2D eigenvalue weighted by atomic mass is 16.5. The molecular weight excluding hydrogens is 324 g/mol. The lowest BCUT2D eigenvalue weighted by Crippen LogP contribution is -1.87. The molecule has 0 N–H and O–H groups in total. The molecule has 0 amide bonds. The van der Waals surface area contributed by atoms with Gasteiger partial charge in [0.1, 0.15) is 17.8 Å². The molecule has 0 aliphatic heterocycles. The molecule has 130 valence electrons. The minimum absolute atomic E-state index is 0.843. The van der Waals surface area contributed by atoms with Crippen LogP contribution in [0.15, 0.2) is 60.9 Å². The van der Waals surface area contributed by atoms with Crippen LogP contribution in [-0.4, -0.2) is 24.2 Å². The highest BCUT2D eigenvalue weighted by Crippen LogP contribution is 2.15. The van der Waals surface area contributed by atoms with Gasteiger partial charge in [-0.05, 0) is 53.6 Å². The third-order valence-corrected chi connectivity index (χ3v) is 3.83. The topological polar surface area (TPSA) is 44.2 Å². The zero-order chi connectivity index (χ0) is 18.2. The molecule has 1 aromatic heterocycles. The van der Waals surface area contributed by atoms with E-state index in [1.807, 2.05) is 78.9 Å². The van der Waals surface area contributed by atoms with E-state index in [1.54, 1.807) is 20.5 Å². The minimum atomic E-state index is 0.843. The number of methoxy groups -OCH3 is 2. The molecule has 0 fully saturated rings. The van der Waals surface area contributed by atoms with Crippen LogP contribution < -0.4 is 9.47 Å². The van der Waals surface area contributed by atoms with Gasteiger partial charge in [0.05, 0.1) is 25.6 Å². The summed E-state index contributed by atoms with van der Waals surface area (Å²) in [5.74, 6) is 1.69. The number of hydrogen-bond acceptors (Lipinski definition) is 4. The molecule has 0 atom stereocenters. The maximum atomic E-state index is 5.16. The van der Waals surface area contributed by atoms with Crippen molar-refractivity contribution in [2.45, 2.75) is 0 Å². The maximum absolute atomic E-state index is 5.16. The van der Waals surface area contributed by atoms with Gasteiger partial charge < -0.3 is 9.47 Å². The van der Waals surface area contributed by atoms with E-state index >= 15 is 0 Å². The molecule has 3 aromatic rings. The predicted octanol–water partition coefficient (Wildman–Crippen LogP) is 4.83. The largest absolute Gasteiger partial charge is 0.497 e.